The van der Waals surface area contributed by atoms with Gasteiger partial charge >= 0.3 is 0 Å². The van der Waals surface area contributed by atoms with Gasteiger partial charge in [-0.05, 0) is 63.5 Å². The van der Waals surface area contributed by atoms with Crippen LogP contribution in [0.15, 0.2) is 24.5 Å². The molecule has 114 valence electrons. The highest BCUT2D eigenvalue weighted by Crippen LogP contribution is 2.07. The average molecular weight is 277 g/mol. The molecule has 1 unspecified atom stereocenters. The van der Waals surface area contributed by atoms with Gasteiger partial charge in [-0.1, -0.05) is 20.3 Å². The summed E-state index contributed by atoms with van der Waals surface area (Å²) in [7, 11) is 0. The average Bonchev–Trinajstić information content (AvgIpc) is 2.49. The van der Waals surface area contributed by atoms with Gasteiger partial charge in [-0.2, -0.15) is 0 Å². The van der Waals surface area contributed by atoms with E-state index in [1.807, 2.05) is 12.4 Å². The highest BCUT2D eigenvalue weighted by atomic mass is 15.1. The third-order valence-electron chi connectivity index (χ3n) is 3.71. The standard InChI is InChI=1S/C17H31N3/c1-4-11-19-16(3)8-6-7-14-20(5-2)15-17-9-12-18-13-10-17/h9-10,12-13,16,19H,4-8,11,14-15H2,1-3H3. The van der Waals surface area contributed by atoms with E-state index in [0.717, 1.165) is 19.6 Å². The van der Waals surface area contributed by atoms with Gasteiger partial charge in [0.05, 0.1) is 0 Å². The van der Waals surface area contributed by atoms with Gasteiger partial charge in [-0.15, -0.1) is 0 Å². The van der Waals surface area contributed by atoms with E-state index in [-0.39, 0.29) is 0 Å². The molecule has 0 saturated heterocycles. The van der Waals surface area contributed by atoms with Crippen molar-refractivity contribution in [3.8, 4) is 0 Å². The molecule has 0 bridgehead atoms. The van der Waals surface area contributed by atoms with Crippen molar-refractivity contribution in [2.24, 2.45) is 0 Å². The lowest BCUT2D eigenvalue weighted by Crippen LogP contribution is -2.27. The molecule has 1 atom stereocenters. The molecule has 0 aromatic carbocycles. The summed E-state index contributed by atoms with van der Waals surface area (Å²) in [4.78, 5) is 6.59. The molecule has 0 amide bonds. The molecule has 3 nitrogen and oxygen atoms in total. The van der Waals surface area contributed by atoms with Crippen LogP contribution in [-0.2, 0) is 6.54 Å². The lowest BCUT2D eigenvalue weighted by molar-refractivity contribution is 0.271. The summed E-state index contributed by atoms with van der Waals surface area (Å²) in [6, 6.07) is 4.88. The van der Waals surface area contributed by atoms with Gasteiger partial charge in [-0.25, -0.2) is 0 Å². The zero-order valence-corrected chi connectivity index (χ0v) is 13.4. The summed E-state index contributed by atoms with van der Waals surface area (Å²) < 4.78 is 0. The molecule has 1 N–H and O–H groups in total. The first-order chi connectivity index (χ1) is 9.76. The third-order valence-corrected chi connectivity index (χ3v) is 3.71. The van der Waals surface area contributed by atoms with Crippen molar-refractivity contribution in [1.29, 1.82) is 0 Å². The van der Waals surface area contributed by atoms with Crippen LogP contribution in [0.3, 0.4) is 0 Å². The topological polar surface area (TPSA) is 28.2 Å². The molecule has 3 heteroatoms. The van der Waals surface area contributed by atoms with Gasteiger partial charge in [0.25, 0.3) is 0 Å². The summed E-state index contributed by atoms with van der Waals surface area (Å²) in [6.45, 7) is 11.3. The number of nitrogens with one attached hydrogen (secondary N) is 1. The van der Waals surface area contributed by atoms with Crippen LogP contribution in [0.2, 0.25) is 0 Å². The van der Waals surface area contributed by atoms with Gasteiger partial charge in [0, 0.05) is 25.0 Å². The molecule has 0 saturated carbocycles. The second kappa shape index (κ2) is 10.8. The van der Waals surface area contributed by atoms with Gasteiger partial charge in [-0.3, -0.25) is 9.88 Å². The van der Waals surface area contributed by atoms with E-state index in [1.165, 1.54) is 37.8 Å². The number of rotatable bonds is 11. The molecule has 1 rings (SSSR count). The predicted octanol–water partition coefficient (Wildman–Crippen LogP) is 3.46. The normalized spacial score (nSPS) is 12.8. The number of hydrogen-bond acceptors (Lipinski definition) is 3. The first kappa shape index (κ1) is 17.1. The minimum atomic E-state index is 0.658. The van der Waals surface area contributed by atoms with Crippen LogP contribution in [0, 0.1) is 0 Å². The van der Waals surface area contributed by atoms with E-state index in [4.69, 9.17) is 0 Å². The molecule has 0 spiro atoms. The molecule has 0 radical (unpaired) electrons. The van der Waals surface area contributed by atoms with Crippen molar-refractivity contribution in [3.63, 3.8) is 0 Å². The Kier molecular flexibility index (Phi) is 9.25. The molecule has 1 heterocycles. The van der Waals surface area contributed by atoms with Crippen LogP contribution in [0.1, 0.15) is 52.0 Å². The summed E-state index contributed by atoms with van der Waals surface area (Å²) in [5.41, 5.74) is 1.36. The maximum absolute atomic E-state index is 4.07. The van der Waals surface area contributed by atoms with Crippen LogP contribution in [0.25, 0.3) is 0 Å². The fourth-order valence-electron chi connectivity index (χ4n) is 2.37. The van der Waals surface area contributed by atoms with E-state index in [1.54, 1.807) is 0 Å². The van der Waals surface area contributed by atoms with E-state index < -0.39 is 0 Å². The number of nitrogens with zero attached hydrogens (tertiary/aromatic N) is 2. The first-order valence-corrected chi connectivity index (χ1v) is 8.10. The van der Waals surface area contributed by atoms with E-state index in [0.29, 0.717) is 6.04 Å². The quantitative estimate of drug-likeness (QED) is 0.628. The molecule has 0 aliphatic heterocycles. The van der Waals surface area contributed by atoms with Crippen LogP contribution >= 0.6 is 0 Å². The maximum atomic E-state index is 4.07. The summed E-state index contributed by atoms with van der Waals surface area (Å²) >= 11 is 0. The van der Waals surface area contributed by atoms with Gasteiger partial charge in [0.1, 0.15) is 0 Å². The SMILES string of the molecule is CCCNC(C)CCCCN(CC)Cc1ccncc1. The maximum Gasteiger partial charge on any atom is 0.0271 e. The Morgan fingerprint density at radius 2 is 1.95 bits per heavy atom. The molecule has 0 aliphatic rings. The summed E-state index contributed by atoms with van der Waals surface area (Å²) in [5, 5.41) is 3.55. The second-order valence-corrected chi connectivity index (χ2v) is 5.58. The summed E-state index contributed by atoms with van der Waals surface area (Å²) in [5.74, 6) is 0. The Morgan fingerprint density at radius 3 is 2.60 bits per heavy atom. The fraction of sp³-hybridized carbons (Fsp3) is 0.706. The summed E-state index contributed by atoms with van der Waals surface area (Å²) in [6.07, 6.45) is 8.86. The Hall–Kier alpha value is -0.930. The van der Waals surface area contributed by atoms with Crippen molar-refractivity contribution in [2.75, 3.05) is 19.6 Å². The van der Waals surface area contributed by atoms with Crippen molar-refractivity contribution in [1.82, 2.24) is 15.2 Å². The minimum absolute atomic E-state index is 0.658. The van der Waals surface area contributed by atoms with Crippen LogP contribution < -0.4 is 5.32 Å². The van der Waals surface area contributed by atoms with Gasteiger partial charge < -0.3 is 5.32 Å². The minimum Gasteiger partial charge on any atom is -0.314 e. The van der Waals surface area contributed by atoms with Crippen LogP contribution in [0.4, 0.5) is 0 Å². The van der Waals surface area contributed by atoms with Gasteiger partial charge in [0.2, 0.25) is 0 Å². The molecule has 0 aliphatic carbocycles. The molecule has 1 aromatic heterocycles. The number of hydrogen-bond donors (Lipinski definition) is 1. The van der Waals surface area contributed by atoms with Crippen molar-refractivity contribution >= 4 is 0 Å². The van der Waals surface area contributed by atoms with Crippen molar-refractivity contribution in [3.05, 3.63) is 30.1 Å². The molecule has 20 heavy (non-hydrogen) atoms. The number of aromatic nitrogens is 1. The molecular weight excluding hydrogens is 246 g/mol. The molecular formula is C17H31N3. The van der Waals surface area contributed by atoms with Crippen molar-refractivity contribution < 1.29 is 0 Å². The highest BCUT2D eigenvalue weighted by Gasteiger charge is 2.05. The van der Waals surface area contributed by atoms with Crippen LogP contribution in [-0.4, -0.2) is 35.6 Å². The van der Waals surface area contributed by atoms with Crippen molar-refractivity contribution in [2.45, 2.75) is 59.0 Å². The highest BCUT2D eigenvalue weighted by molar-refractivity contribution is 5.09. The number of unbranched alkanes of at least 4 members (excludes halogenated alkanes) is 1. The lowest BCUT2D eigenvalue weighted by Gasteiger charge is -2.21. The zero-order valence-electron chi connectivity index (χ0n) is 13.4. The van der Waals surface area contributed by atoms with Crippen LogP contribution in [0.5, 0.6) is 0 Å². The monoisotopic (exact) mass is 277 g/mol. The second-order valence-electron chi connectivity index (χ2n) is 5.58. The van der Waals surface area contributed by atoms with E-state index in [2.05, 4.69) is 48.1 Å². The Balaban J connectivity index is 2.15. The molecule has 1 aromatic rings. The Labute approximate surface area is 124 Å². The largest absolute Gasteiger partial charge is 0.314 e. The molecule has 0 fully saturated rings. The fourth-order valence-corrected chi connectivity index (χ4v) is 2.37. The Bertz CT molecular complexity index is 326. The lowest BCUT2D eigenvalue weighted by atomic mass is 10.1. The first-order valence-electron chi connectivity index (χ1n) is 8.10. The predicted molar refractivity (Wildman–Crippen MR) is 86.8 cm³/mol. The Morgan fingerprint density at radius 1 is 1.20 bits per heavy atom. The van der Waals surface area contributed by atoms with E-state index in [9.17, 15) is 0 Å². The third kappa shape index (κ3) is 7.61. The van der Waals surface area contributed by atoms with Gasteiger partial charge in [0.15, 0.2) is 0 Å². The zero-order chi connectivity index (χ0) is 14.6. The van der Waals surface area contributed by atoms with E-state index >= 15 is 0 Å². The number of pyridine rings is 1. The smallest absolute Gasteiger partial charge is 0.0271 e.